The summed E-state index contributed by atoms with van der Waals surface area (Å²) >= 11 is 6.00. The van der Waals surface area contributed by atoms with Crippen molar-refractivity contribution in [1.29, 1.82) is 0 Å². The predicted molar refractivity (Wildman–Crippen MR) is 77.4 cm³/mol. The summed E-state index contributed by atoms with van der Waals surface area (Å²) in [7, 11) is 1.56. The molecule has 1 heterocycles. The summed E-state index contributed by atoms with van der Waals surface area (Å²) in [4.78, 5) is 11.7. The van der Waals surface area contributed by atoms with Gasteiger partial charge >= 0.3 is 0 Å². The van der Waals surface area contributed by atoms with Crippen LogP contribution in [0.3, 0.4) is 0 Å². The Hall–Kier alpha value is -2.01. The number of anilines is 2. The number of aromatic nitrogens is 2. The maximum atomic E-state index is 11.7. The predicted octanol–water partition coefficient (Wildman–Crippen LogP) is 2.19. The van der Waals surface area contributed by atoms with Crippen molar-refractivity contribution in [3.8, 4) is 0 Å². The first kappa shape index (κ1) is 13.4. The first-order valence-electron chi connectivity index (χ1n) is 5.83. The zero-order valence-corrected chi connectivity index (χ0v) is 11.5. The second-order valence-corrected chi connectivity index (χ2v) is 4.71. The minimum absolute atomic E-state index is 0.00740. The molecule has 0 spiro atoms. The third kappa shape index (κ3) is 2.88. The van der Waals surface area contributed by atoms with Crippen LogP contribution in [0.15, 0.2) is 35.3 Å². The normalized spacial score (nSPS) is 12.2. The van der Waals surface area contributed by atoms with Gasteiger partial charge in [-0.15, -0.1) is 0 Å². The highest BCUT2D eigenvalue weighted by molar-refractivity contribution is 6.32. The minimum Gasteiger partial charge on any atom is -0.399 e. The van der Waals surface area contributed by atoms with Gasteiger partial charge in [0.05, 0.1) is 11.9 Å². The molecule has 5 nitrogen and oxygen atoms in total. The molecule has 0 fully saturated rings. The molecule has 2 rings (SSSR count). The fourth-order valence-corrected chi connectivity index (χ4v) is 1.94. The molecular weight excluding hydrogens is 264 g/mol. The number of aryl methyl sites for hydroxylation is 1. The third-order valence-corrected chi connectivity index (χ3v) is 3.25. The van der Waals surface area contributed by atoms with Crippen LogP contribution in [-0.2, 0) is 7.05 Å². The van der Waals surface area contributed by atoms with Crippen molar-refractivity contribution < 1.29 is 0 Å². The molecular formula is C13H15ClN4O. The lowest BCUT2D eigenvalue weighted by Gasteiger charge is -2.16. The van der Waals surface area contributed by atoms with E-state index in [4.69, 9.17) is 17.3 Å². The molecule has 0 aliphatic carbocycles. The fourth-order valence-electron chi connectivity index (χ4n) is 1.71. The van der Waals surface area contributed by atoms with Crippen LogP contribution < -0.4 is 16.6 Å². The lowest BCUT2D eigenvalue weighted by atomic mass is 10.1. The molecule has 0 saturated carbocycles. The number of nitrogens with two attached hydrogens (primary N) is 1. The van der Waals surface area contributed by atoms with Gasteiger partial charge in [-0.25, -0.2) is 4.68 Å². The van der Waals surface area contributed by atoms with Crippen molar-refractivity contribution in [3.05, 3.63) is 51.4 Å². The van der Waals surface area contributed by atoms with Gasteiger partial charge in [0.1, 0.15) is 5.02 Å². The summed E-state index contributed by atoms with van der Waals surface area (Å²) in [5.41, 5.74) is 7.60. The molecule has 0 bridgehead atoms. The van der Waals surface area contributed by atoms with Crippen LogP contribution in [0.25, 0.3) is 0 Å². The van der Waals surface area contributed by atoms with Crippen LogP contribution >= 0.6 is 11.6 Å². The van der Waals surface area contributed by atoms with E-state index in [2.05, 4.69) is 10.4 Å². The summed E-state index contributed by atoms with van der Waals surface area (Å²) in [6, 6.07) is 7.51. The van der Waals surface area contributed by atoms with Gasteiger partial charge in [-0.1, -0.05) is 23.7 Å². The first-order chi connectivity index (χ1) is 8.99. The van der Waals surface area contributed by atoms with E-state index in [9.17, 15) is 4.79 Å². The van der Waals surface area contributed by atoms with Crippen LogP contribution in [-0.4, -0.2) is 9.78 Å². The molecule has 1 unspecified atom stereocenters. The molecule has 1 aromatic carbocycles. The van der Waals surface area contributed by atoms with Gasteiger partial charge in [-0.05, 0) is 24.6 Å². The number of nitrogens with one attached hydrogen (secondary N) is 1. The Morgan fingerprint density at radius 3 is 2.63 bits per heavy atom. The quantitative estimate of drug-likeness (QED) is 0.844. The standard InChI is InChI=1S/C13H15ClN4O/c1-8(9-3-5-10(15)6-4-9)17-11-7-16-18(2)13(19)12(11)14/h3-8,17H,15H2,1-2H3. The van der Waals surface area contributed by atoms with Gasteiger partial charge in [0.15, 0.2) is 0 Å². The lowest BCUT2D eigenvalue weighted by Crippen LogP contribution is -2.21. The Morgan fingerprint density at radius 2 is 2.00 bits per heavy atom. The number of hydrogen-bond acceptors (Lipinski definition) is 4. The summed E-state index contributed by atoms with van der Waals surface area (Å²) in [5.74, 6) is 0. The van der Waals surface area contributed by atoms with Crippen molar-refractivity contribution in [2.45, 2.75) is 13.0 Å². The van der Waals surface area contributed by atoms with E-state index in [1.165, 1.54) is 10.9 Å². The molecule has 1 aromatic heterocycles. The molecule has 19 heavy (non-hydrogen) atoms. The zero-order chi connectivity index (χ0) is 14.0. The highest BCUT2D eigenvalue weighted by atomic mass is 35.5. The Morgan fingerprint density at radius 1 is 1.37 bits per heavy atom. The van der Waals surface area contributed by atoms with Crippen molar-refractivity contribution >= 4 is 23.0 Å². The molecule has 0 saturated heterocycles. The number of rotatable bonds is 3. The zero-order valence-electron chi connectivity index (χ0n) is 10.7. The van der Waals surface area contributed by atoms with E-state index in [0.29, 0.717) is 11.4 Å². The molecule has 2 aromatic rings. The largest absolute Gasteiger partial charge is 0.399 e. The second kappa shape index (κ2) is 5.32. The number of nitrogen functional groups attached to an aromatic ring is 1. The number of benzene rings is 1. The summed E-state index contributed by atoms with van der Waals surface area (Å²) in [6.45, 7) is 1.97. The number of hydrogen-bond donors (Lipinski definition) is 2. The maximum Gasteiger partial charge on any atom is 0.287 e. The van der Waals surface area contributed by atoms with E-state index in [0.717, 1.165) is 5.56 Å². The molecule has 6 heteroatoms. The van der Waals surface area contributed by atoms with Gasteiger partial charge in [-0.3, -0.25) is 4.79 Å². The molecule has 0 radical (unpaired) electrons. The summed E-state index contributed by atoms with van der Waals surface area (Å²) in [6.07, 6.45) is 1.54. The van der Waals surface area contributed by atoms with E-state index in [1.54, 1.807) is 7.05 Å². The average Bonchev–Trinajstić information content (AvgIpc) is 2.40. The molecule has 3 N–H and O–H groups in total. The summed E-state index contributed by atoms with van der Waals surface area (Å²) in [5, 5.41) is 7.24. The van der Waals surface area contributed by atoms with Gasteiger partial charge in [0, 0.05) is 18.8 Å². The Bertz CT molecular complexity index is 636. The molecule has 1 atom stereocenters. The Balaban J connectivity index is 2.24. The summed E-state index contributed by atoms with van der Waals surface area (Å²) < 4.78 is 1.20. The topological polar surface area (TPSA) is 72.9 Å². The SMILES string of the molecule is CC(Nc1cnn(C)c(=O)c1Cl)c1ccc(N)cc1. The van der Waals surface area contributed by atoms with Crippen LogP contribution in [0, 0.1) is 0 Å². The molecule has 0 aliphatic heterocycles. The monoisotopic (exact) mass is 278 g/mol. The fraction of sp³-hybridized carbons (Fsp3) is 0.231. The third-order valence-electron chi connectivity index (χ3n) is 2.89. The average molecular weight is 279 g/mol. The van der Waals surface area contributed by atoms with E-state index in [-0.39, 0.29) is 16.6 Å². The lowest BCUT2D eigenvalue weighted by molar-refractivity contribution is 0.706. The van der Waals surface area contributed by atoms with Crippen molar-refractivity contribution in [3.63, 3.8) is 0 Å². The van der Waals surface area contributed by atoms with Gasteiger partial charge in [-0.2, -0.15) is 5.10 Å². The second-order valence-electron chi connectivity index (χ2n) is 4.33. The maximum absolute atomic E-state index is 11.7. The van der Waals surface area contributed by atoms with E-state index in [1.807, 2.05) is 31.2 Å². The van der Waals surface area contributed by atoms with E-state index < -0.39 is 0 Å². The van der Waals surface area contributed by atoms with Gasteiger partial charge in [0.2, 0.25) is 0 Å². The van der Waals surface area contributed by atoms with Crippen molar-refractivity contribution in [2.75, 3.05) is 11.1 Å². The van der Waals surface area contributed by atoms with Crippen LogP contribution in [0.1, 0.15) is 18.5 Å². The number of nitrogens with zero attached hydrogens (tertiary/aromatic N) is 2. The van der Waals surface area contributed by atoms with Crippen LogP contribution in [0.2, 0.25) is 5.02 Å². The van der Waals surface area contributed by atoms with Crippen LogP contribution in [0.5, 0.6) is 0 Å². The highest BCUT2D eigenvalue weighted by Crippen LogP contribution is 2.23. The van der Waals surface area contributed by atoms with Crippen molar-refractivity contribution in [2.24, 2.45) is 7.05 Å². The minimum atomic E-state index is -0.323. The Labute approximate surface area is 116 Å². The van der Waals surface area contributed by atoms with Crippen molar-refractivity contribution in [1.82, 2.24) is 9.78 Å². The smallest absolute Gasteiger partial charge is 0.287 e. The first-order valence-corrected chi connectivity index (χ1v) is 6.20. The van der Waals surface area contributed by atoms with Gasteiger partial charge in [0.25, 0.3) is 5.56 Å². The molecule has 0 amide bonds. The Kier molecular flexibility index (Phi) is 3.76. The number of halogens is 1. The van der Waals surface area contributed by atoms with Crippen LogP contribution in [0.4, 0.5) is 11.4 Å². The van der Waals surface area contributed by atoms with Gasteiger partial charge < -0.3 is 11.1 Å². The molecule has 0 aliphatic rings. The van der Waals surface area contributed by atoms with E-state index >= 15 is 0 Å². The molecule has 100 valence electrons. The highest BCUT2D eigenvalue weighted by Gasteiger charge is 2.11.